The van der Waals surface area contributed by atoms with E-state index in [9.17, 15) is 14.4 Å². The molecule has 0 aliphatic carbocycles. The van der Waals surface area contributed by atoms with Crippen molar-refractivity contribution in [3.05, 3.63) is 52.6 Å². The zero-order chi connectivity index (χ0) is 27.0. The molecule has 2 aromatic rings. The van der Waals surface area contributed by atoms with Gasteiger partial charge in [0, 0.05) is 26.2 Å². The van der Waals surface area contributed by atoms with Gasteiger partial charge in [0.2, 0.25) is 12.5 Å². The molecule has 0 saturated carbocycles. The standard InChI is InChI=1S/C28H27N3O7/c1-29-12-11-18-15-22-24(38-16-37-22)25(35-4)23(18)21(29)6-5-13-36-19-9-7-17(8-10-19)14-20-26(32)30(2)28(34)31(3)27(20)33/h7-10,14-15,21H,11-13,16H2,1-4H3/t21-/m0/s1. The molecule has 3 heterocycles. The number of carbonyl (C=O) groups is 3. The minimum absolute atomic E-state index is 0.0796. The van der Waals surface area contributed by atoms with Crippen molar-refractivity contribution in [1.82, 2.24) is 14.7 Å². The molecule has 5 rings (SSSR count). The number of rotatable bonds is 4. The first-order chi connectivity index (χ1) is 18.3. The minimum atomic E-state index is -0.658. The van der Waals surface area contributed by atoms with Crippen molar-refractivity contribution in [2.45, 2.75) is 12.5 Å². The largest absolute Gasteiger partial charge is 0.492 e. The van der Waals surface area contributed by atoms with Gasteiger partial charge >= 0.3 is 6.03 Å². The number of fused-ring (bicyclic) bond motifs is 2. The van der Waals surface area contributed by atoms with Gasteiger partial charge in [-0.15, -0.1) is 0 Å². The Labute approximate surface area is 220 Å². The Morgan fingerprint density at radius 1 is 1.05 bits per heavy atom. The van der Waals surface area contributed by atoms with Crippen molar-refractivity contribution >= 4 is 23.9 Å². The zero-order valence-electron chi connectivity index (χ0n) is 21.6. The molecule has 38 heavy (non-hydrogen) atoms. The maximum atomic E-state index is 12.4. The summed E-state index contributed by atoms with van der Waals surface area (Å²) in [5, 5.41) is 0. The number of barbiturate groups is 1. The number of benzene rings is 2. The topological polar surface area (TPSA) is 97.9 Å². The van der Waals surface area contributed by atoms with Crippen LogP contribution in [0.4, 0.5) is 4.79 Å². The molecule has 2 aromatic carbocycles. The van der Waals surface area contributed by atoms with Crippen LogP contribution in [0.5, 0.6) is 23.0 Å². The molecule has 4 amide bonds. The number of ether oxygens (including phenoxy) is 4. The smallest absolute Gasteiger partial charge is 0.333 e. The third-order valence-electron chi connectivity index (χ3n) is 6.78. The fourth-order valence-electron chi connectivity index (χ4n) is 4.68. The minimum Gasteiger partial charge on any atom is -0.492 e. The molecule has 0 spiro atoms. The molecule has 196 valence electrons. The van der Waals surface area contributed by atoms with E-state index in [-0.39, 0.29) is 25.0 Å². The van der Waals surface area contributed by atoms with E-state index in [4.69, 9.17) is 18.9 Å². The van der Waals surface area contributed by atoms with Gasteiger partial charge in [-0.3, -0.25) is 24.3 Å². The van der Waals surface area contributed by atoms with Crippen LogP contribution in [0.2, 0.25) is 0 Å². The maximum Gasteiger partial charge on any atom is 0.333 e. The summed E-state index contributed by atoms with van der Waals surface area (Å²) in [5.74, 6) is 7.70. The SMILES string of the molecule is COc1c2c(cc3c1[C@H](C#CCOc1ccc(C=C4C(=O)N(C)C(=O)N(C)C4=O)cc1)N(C)CC3)OCO2. The van der Waals surface area contributed by atoms with E-state index in [1.54, 1.807) is 31.4 Å². The highest BCUT2D eigenvalue weighted by molar-refractivity contribution is 6.30. The predicted octanol–water partition coefficient (Wildman–Crippen LogP) is 2.47. The van der Waals surface area contributed by atoms with Crippen LogP contribution < -0.4 is 18.9 Å². The predicted molar refractivity (Wildman–Crippen MR) is 137 cm³/mol. The summed E-state index contributed by atoms with van der Waals surface area (Å²) in [6, 6.07) is 8.09. The van der Waals surface area contributed by atoms with Crippen molar-refractivity contribution in [2.24, 2.45) is 0 Å². The van der Waals surface area contributed by atoms with Gasteiger partial charge in [0.25, 0.3) is 11.8 Å². The van der Waals surface area contributed by atoms with E-state index in [0.29, 0.717) is 28.6 Å². The third kappa shape index (κ3) is 4.41. The van der Waals surface area contributed by atoms with Crippen LogP contribution in [-0.2, 0) is 16.0 Å². The van der Waals surface area contributed by atoms with Gasteiger partial charge in [-0.05, 0) is 48.9 Å². The quantitative estimate of drug-likeness (QED) is 0.347. The number of hydrogen-bond acceptors (Lipinski definition) is 8. The number of amides is 4. The highest BCUT2D eigenvalue weighted by Gasteiger charge is 2.38. The highest BCUT2D eigenvalue weighted by atomic mass is 16.7. The number of methoxy groups -OCH3 is 1. The van der Waals surface area contributed by atoms with Crippen LogP contribution in [0.3, 0.4) is 0 Å². The average Bonchev–Trinajstić information content (AvgIpc) is 3.40. The van der Waals surface area contributed by atoms with E-state index >= 15 is 0 Å². The third-order valence-corrected chi connectivity index (χ3v) is 6.78. The van der Waals surface area contributed by atoms with E-state index in [0.717, 1.165) is 33.9 Å². The van der Waals surface area contributed by atoms with Crippen LogP contribution in [0.15, 0.2) is 35.9 Å². The molecule has 1 saturated heterocycles. The Kier molecular flexibility index (Phi) is 6.70. The fraction of sp³-hybridized carbons (Fsp3) is 0.321. The molecule has 0 unspecified atom stereocenters. The van der Waals surface area contributed by atoms with Crippen molar-refractivity contribution in [2.75, 3.05) is 48.2 Å². The van der Waals surface area contributed by atoms with E-state index in [1.807, 2.05) is 13.1 Å². The maximum absolute atomic E-state index is 12.4. The van der Waals surface area contributed by atoms with Crippen molar-refractivity contribution in [3.63, 3.8) is 0 Å². The summed E-state index contributed by atoms with van der Waals surface area (Å²) >= 11 is 0. The van der Waals surface area contributed by atoms with Crippen molar-refractivity contribution < 1.29 is 33.3 Å². The van der Waals surface area contributed by atoms with Crippen LogP contribution in [0.25, 0.3) is 6.08 Å². The van der Waals surface area contributed by atoms with Gasteiger partial charge in [0.15, 0.2) is 11.5 Å². The highest BCUT2D eigenvalue weighted by Crippen LogP contribution is 2.49. The lowest BCUT2D eigenvalue weighted by Gasteiger charge is -2.32. The van der Waals surface area contributed by atoms with Gasteiger partial charge in [0.05, 0.1) is 7.11 Å². The van der Waals surface area contributed by atoms with Gasteiger partial charge in [-0.2, -0.15) is 0 Å². The molecule has 3 aliphatic heterocycles. The summed E-state index contributed by atoms with van der Waals surface area (Å²) in [4.78, 5) is 40.7. The van der Waals surface area contributed by atoms with Gasteiger partial charge < -0.3 is 18.9 Å². The number of hydrogen-bond donors (Lipinski definition) is 0. The molecule has 0 aromatic heterocycles. The normalized spacial score (nSPS) is 18.7. The number of nitrogens with zero attached hydrogens (tertiary/aromatic N) is 3. The summed E-state index contributed by atoms with van der Waals surface area (Å²) in [6.07, 6.45) is 2.32. The second-order valence-corrected chi connectivity index (χ2v) is 9.10. The molecule has 3 aliphatic rings. The first kappa shape index (κ1) is 25.2. The Hall–Kier alpha value is -4.49. The van der Waals surface area contributed by atoms with Crippen LogP contribution in [0.1, 0.15) is 22.7 Å². The number of carbonyl (C=O) groups excluding carboxylic acids is 3. The zero-order valence-corrected chi connectivity index (χ0v) is 21.6. The van der Waals surface area contributed by atoms with Crippen molar-refractivity contribution in [3.8, 4) is 34.8 Å². The lowest BCUT2D eigenvalue weighted by molar-refractivity contribution is -0.134. The summed E-state index contributed by atoms with van der Waals surface area (Å²) in [5.41, 5.74) is 2.66. The second-order valence-electron chi connectivity index (χ2n) is 9.10. The Morgan fingerprint density at radius 2 is 1.76 bits per heavy atom. The fourth-order valence-corrected chi connectivity index (χ4v) is 4.68. The molecule has 1 fully saturated rings. The second kappa shape index (κ2) is 10.1. The van der Waals surface area contributed by atoms with E-state index in [2.05, 4.69) is 16.7 Å². The summed E-state index contributed by atoms with van der Waals surface area (Å²) in [6.45, 7) is 1.18. The van der Waals surface area contributed by atoms with Crippen LogP contribution in [0, 0.1) is 11.8 Å². The number of likely N-dealkylation sites (N-methyl/N-ethyl adjacent to an activating group) is 3. The lowest BCUT2D eigenvalue weighted by Crippen LogP contribution is -2.52. The molecular formula is C28H27N3O7. The molecular weight excluding hydrogens is 490 g/mol. The molecule has 1 atom stereocenters. The molecule has 0 N–H and O–H groups in total. The van der Waals surface area contributed by atoms with E-state index in [1.165, 1.54) is 20.2 Å². The van der Waals surface area contributed by atoms with Gasteiger partial charge in [0.1, 0.15) is 24.0 Å². The average molecular weight is 518 g/mol. The molecule has 0 bridgehead atoms. The molecule has 0 radical (unpaired) electrons. The van der Waals surface area contributed by atoms with Gasteiger partial charge in [-0.1, -0.05) is 24.0 Å². The molecule has 10 nitrogen and oxygen atoms in total. The van der Waals surface area contributed by atoms with Gasteiger partial charge in [-0.25, -0.2) is 4.79 Å². The molecule has 10 heteroatoms. The Balaban J connectivity index is 1.28. The van der Waals surface area contributed by atoms with Crippen LogP contribution >= 0.6 is 0 Å². The van der Waals surface area contributed by atoms with E-state index < -0.39 is 17.8 Å². The first-order valence-corrected chi connectivity index (χ1v) is 12.0. The van der Waals surface area contributed by atoms with Crippen molar-refractivity contribution in [1.29, 1.82) is 0 Å². The summed E-state index contributed by atoms with van der Waals surface area (Å²) < 4.78 is 22.7. The Bertz CT molecular complexity index is 1380. The van der Waals surface area contributed by atoms with Crippen LogP contribution in [-0.4, -0.2) is 80.7 Å². The Morgan fingerprint density at radius 3 is 2.45 bits per heavy atom. The summed E-state index contributed by atoms with van der Waals surface area (Å²) in [7, 11) is 6.32. The lowest BCUT2D eigenvalue weighted by atomic mass is 9.91. The number of urea groups is 1. The number of imide groups is 2. The first-order valence-electron chi connectivity index (χ1n) is 12.0. The monoisotopic (exact) mass is 517 g/mol.